The van der Waals surface area contributed by atoms with Gasteiger partial charge in [0.2, 0.25) is 17.6 Å². The predicted octanol–water partition coefficient (Wildman–Crippen LogP) is 3.33. The SMILES string of the molecule is CS[C@H](C)C(=O)N1CCC[C@H](c2nc(-c3ccc(F)cc3)no2)C1. The largest absolute Gasteiger partial charge is 0.341 e. The Balaban J connectivity index is 1.72. The second kappa shape index (κ2) is 7.34. The fourth-order valence-corrected chi connectivity index (χ4v) is 3.20. The molecule has 2 aromatic rings. The zero-order chi connectivity index (χ0) is 17.1. The number of hydrogen-bond donors (Lipinski definition) is 0. The average molecular weight is 349 g/mol. The Kier molecular flexibility index (Phi) is 5.18. The van der Waals surface area contributed by atoms with Crippen molar-refractivity contribution in [3.05, 3.63) is 36.0 Å². The highest BCUT2D eigenvalue weighted by Crippen LogP contribution is 2.28. The Hall–Kier alpha value is -1.89. The van der Waals surface area contributed by atoms with Gasteiger partial charge in [0.05, 0.1) is 11.2 Å². The molecule has 0 N–H and O–H groups in total. The van der Waals surface area contributed by atoms with Crippen molar-refractivity contribution in [3.8, 4) is 11.4 Å². The summed E-state index contributed by atoms with van der Waals surface area (Å²) < 4.78 is 18.4. The fraction of sp³-hybridized carbons (Fsp3) is 0.471. The first-order chi connectivity index (χ1) is 11.6. The van der Waals surface area contributed by atoms with Crippen LogP contribution in [0.25, 0.3) is 11.4 Å². The van der Waals surface area contributed by atoms with E-state index in [9.17, 15) is 9.18 Å². The number of carbonyl (C=O) groups is 1. The van der Waals surface area contributed by atoms with Crippen LogP contribution in [0.1, 0.15) is 31.6 Å². The summed E-state index contributed by atoms with van der Waals surface area (Å²) in [7, 11) is 0. The summed E-state index contributed by atoms with van der Waals surface area (Å²) in [6, 6.07) is 5.99. The van der Waals surface area contributed by atoms with Gasteiger partial charge in [0.15, 0.2) is 0 Å². The Bertz CT molecular complexity index is 704. The molecule has 3 rings (SSSR count). The first-order valence-corrected chi connectivity index (χ1v) is 9.28. The number of piperidine rings is 1. The molecule has 1 saturated heterocycles. The van der Waals surface area contributed by atoms with Crippen LogP contribution in [0.15, 0.2) is 28.8 Å². The summed E-state index contributed by atoms with van der Waals surface area (Å²) in [5, 5.41) is 3.96. The zero-order valence-electron chi connectivity index (χ0n) is 13.7. The lowest BCUT2D eigenvalue weighted by Gasteiger charge is -2.32. The Labute approximate surface area is 144 Å². The van der Waals surface area contributed by atoms with Gasteiger partial charge in [-0.1, -0.05) is 5.16 Å². The maximum Gasteiger partial charge on any atom is 0.235 e. The Morgan fingerprint density at radius 1 is 1.42 bits per heavy atom. The van der Waals surface area contributed by atoms with Crippen LogP contribution in [-0.4, -0.2) is 45.5 Å². The normalized spacial score (nSPS) is 19.3. The lowest BCUT2D eigenvalue weighted by molar-refractivity contribution is -0.131. The van der Waals surface area contributed by atoms with Gasteiger partial charge in [0.25, 0.3) is 0 Å². The van der Waals surface area contributed by atoms with Crippen LogP contribution < -0.4 is 0 Å². The highest BCUT2D eigenvalue weighted by molar-refractivity contribution is 7.99. The second-order valence-electron chi connectivity index (χ2n) is 5.96. The molecule has 5 nitrogen and oxygen atoms in total. The summed E-state index contributed by atoms with van der Waals surface area (Å²) in [6.07, 6.45) is 3.78. The number of likely N-dealkylation sites (tertiary alicyclic amines) is 1. The van der Waals surface area contributed by atoms with Gasteiger partial charge in [0, 0.05) is 18.7 Å². The number of amides is 1. The molecule has 0 spiro atoms. The molecule has 1 aromatic carbocycles. The molecule has 0 unspecified atom stereocenters. The van der Waals surface area contributed by atoms with Gasteiger partial charge in [0.1, 0.15) is 5.82 Å². The van der Waals surface area contributed by atoms with Crippen LogP contribution in [0.2, 0.25) is 0 Å². The number of halogens is 1. The maximum absolute atomic E-state index is 13.0. The molecule has 1 amide bonds. The molecule has 1 aromatic heterocycles. The molecule has 1 aliphatic rings. The third-order valence-electron chi connectivity index (χ3n) is 4.33. The number of aromatic nitrogens is 2. The van der Waals surface area contributed by atoms with E-state index in [1.807, 2.05) is 18.1 Å². The van der Waals surface area contributed by atoms with Crippen molar-refractivity contribution >= 4 is 17.7 Å². The molecular weight excluding hydrogens is 329 g/mol. The Morgan fingerprint density at radius 3 is 2.88 bits per heavy atom. The van der Waals surface area contributed by atoms with Gasteiger partial charge >= 0.3 is 0 Å². The van der Waals surface area contributed by atoms with Gasteiger partial charge in [-0.05, 0) is 50.3 Å². The molecule has 2 atom stereocenters. The predicted molar refractivity (Wildman–Crippen MR) is 91.2 cm³/mol. The molecular formula is C17H20FN3O2S. The zero-order valence-corrected chi connectivity index (χ0v) is 14.6. The number of hydrogen-bond acceptors (Lipinski definition) is 5. The molecule has 24 heavy (non-hydrogen) atoms. The topological polar surface area (TPSA) is 59.2 Å². The third-order valence-corrected chi connectivity index (χ3v) is 5.24. The van der Waals surface area contributed by atoms with Crippen LogP contribution in [0.5, 0.6) is 0 Å². The van der Waals surface area contributed by atoms with E-state index in [0.717, 1.165) is 19.4 Å². The minimum Gasteiger partial charge on any atom is -0.341 e. The molecule has 0 aliphatic carbocycles. The van der Waals surface area contributed by atoms with E-state index in [1.54, 1.807) is 23.9 Å². The van der Waals surface area contributed by atoms with Crippen LogP contribution in [-0.2, 0) is 4.79 Å². The van der Waals surface area contributed by atoms with E-state index in [-0.39, 0.29) is 22.9 Å². The lowest BCUT2D eigenvalue weighted by atomic mass is 9.97. The smallest absolute Gasteiger partial charge is 0.235 e. The summed E-state index contributed by atoms with van der Waals surface area (Å²) in [5.74, 6) is 0.908. The maximum atomic E-state index is 13.0. The van der Waals surface area contributed by atoms with E-state index in [2.05, 4.69) is 10.1 Å². The molecule has 1 fully saturated rings. The van der Waals surface area contributed by atoms with E-state index >= 15 is 0 Å². The van der Waals surface area contributed by atoms with Crippen molar-refractivity contribution in [1.29, 1.82) is 0 Å². The quantitative estimate of drug-likeness (QED) is 0.847. The number of carbonyl (C=O) groups excluding carboxylic acids is 1. The van der Waals surface area contributed by atoms with Crippen LogP contribution in [0.4, 0.5) is 4.39 Å². The number of nitrogens with zero attached hydrogens (tertiary/aromatic N) is 3. The van der Waals surface area contributed by atoms with Crippen LogP contribution in [0, 0.1) is 5.82 Å². The van der Waals surface area contributed by atoms with E-state index in [1.165, 1.54) is 12.1 Å². The summed E-state index contributed by atoms with van der Waals surface area (Å²) in [6.45, 7) is 3.31. The molecule has 2 heterocycles. The minimum atomic E-state index is -0.299. The van der Waals surface area contributed by atoms with Gasteiger partial charge in [-0.25, -0.2) is 4.39 Å². The molecule has 0 bridgehead atoms. The van der Waals surface area contributed by atoms with Crippen LogP contribution >= 0.6 is 11.8 Å². The average Bonchev–Trinajstić information content (AvgIpc) is 3.11. The third kappa shape index (κ3) is 3.61. The number of thioether (sulfide) groups is 1. The molecule has 1 aliphatic heterocycles. The monoisotopic (exact) mass is 349 g/mol. The molecule has 7 heteroatoms. The first-order valence-electron chi connectivity index (χ1n) is 7.99. The van der Waals surface area contributed by atoms with Gasteiger partial charge in [-0.3, -0.25) is 4.79 Å². The summed E-state index contributed by atoms with van der Waals surface area (Å²) in [4.78, 5) is 18.7. The number of rotatable bonds is 4. The molecule has 128 valence electrons. The lowest BCUT2D eigenvalue weighted by Crippen LogP contribution is -2.42. The van der Waals surface area contributed by atoms with Crippen molar-refractivity contribution in [3.63, 3.8) is 0 Å². The minimum absolute atomic E-state index is 0.0405. The second-order valence-corrected chi connectivity index (χ2v) is 7.14. The fourth-order valence-electron chi connectivity index (χ4n) is 2.85. The van der Waals surface area contributed by atoms with E-state index < -0.39 is 0 Å². The van der Waals surface area contributed by atoms with Crippen molar-refractivity contribution in [2.45, 2.75) is 30.9 Å². The van der Waals surface area contributed by atoms with E-state index in [4.69, 9.17) is 4.52 Å². The van der Waals surface area contributed by atoms with Crippen molar-refractivity contribution in [1.82, 2.24) is 15.0 Å². The highest BCUT2D eigenvalue weighted by atomic mass is 32.2. The summed E-state index contributed by atoms with van der Waals surface area (Å²) in [5.41, 5.74) is 0.714. The van der Waals surface area contributed by atoms with Gasteiger partial charge in [-0.15, -0.1) is 0 Å². The van der Waals surface area contributed by atoms with E-state index in [0.29, 0.717) is 23.8 Å². The standard InChI is InChI=1S/C17H20FN3O2S/c1-11(24-2)17(22)21-9-3-4-13(10-21)16-19-15(20-23-16)12-5-7-14(18)8-6-12/h5-8,11,13H,3-4,9-10H2,1-2H3/t11-,13+/m1/s1. The van der Waals surface area contributed by atoms with Crippen molar-refractivity contribution in [2.75, 3.05) is 19.3 Å². The highest BCUT2D eigenvalue weighted by Gasteiger charge is 2.30. The van der Waals surface area contributed by atoms with Crippen molar-refractivity contribution in [2.24, 2.45) is 0 Å². The number of benzene rings is 1. The van der Waals surface area contributed by atoms with Crippen LogP contribution in [0.3, 0.4) is 0 Å². The summed E-state index contributed by atoms with van der Waals surface area (Å²) >= 11 is 1.55. The molecule has 0 saturated carbocycles. The first kappa shape index (κ1) is 17.0. The van der Waals surface area contributed by atoms with Gasteiger partial charge in [-0.2, -0.15) is 16.7 Å². The molecule has 0 radical (unpaired) electrons. The van der Waals surface area contributed by atoms with Gasteiger partial charge < -0.3 is 9.42 Å². The van der Waals surface area contributed by atoms with Crippen molar-refractivity contribution < 1.29 is 13.7 Å². The Morgan fingerprint density at radius 2 is 2.17 bits per heavy atom.